The van der Waals surface area contributed by atoms with Crippen LogP contribution in [0.3, 0.4) is 0 Å². The van der Waals surface area contributed by atoms with Crippen LogP contribution in [0.5, 0.6) is 0 Å². The molecule has 0 saturated carbocycles. The number of pyridine rings is 1. The van der Waals surface area contributed by atoms with Crippen LogP contribution < -0.4 is 10.9 Å². The number of para-hydroxylation sites is 1. The number of esters is 1. The highest BCUT2D eigenvalue weighted by Crippen LogP contribution is 2.30. The highest BCUT2D eigenvalue weighted by atomic mass is 35.5. The summed E-state index contributed by atoms with van der Waals surface area (Å²) in [5.74, 6) is 4.74. The summed E-state index contributed by atoms with van der Waals surface area (Å²) in [5, 5.41) is 3.01. The number of rotatable bonds is 3. The van der Waals surface area contributed by atoms with Crippen molar-refractivity contribution in [3.8, 4) is 0 Å². The van der Waals surface area contributed by atoms with E-state index in [4.69, 9.17) is 33.8 Å². The van der Waals surface area contributed by atoms with E-state index in [9.17, 15) is 9.59 Å². The number of ether oxygens (including phenoxy) is 1. The van der Waals surface area contributed by atoms with Gasteiger partial charge in [0.05, 0.1) is 18.3 Å². The molecule has 0 unspecified atom stereocenters. The zero-order valence-corrected chi connectivity index (χ0v) is 16.6. The Balaban J connectivity index is 1.93. The van der Waals surface area contributed by atoms with Gasteiger partial charge in [-0.1, -0.05) is 41.4 Å². The molecule has 2 heterocycles. The van der Waals surface area contributed by atoms with E-state index in [-0.39, 0.29) is 17.1 Å². The summed E-state index contributed by atoms with van der Waals surface area (Å²) in [7, 11) is 1.24. The first-order valence-corrected chi connectivity index (χ1v) is 9.19. The average Bonchev–Trinajstić information content (AvgIpc) is 3.09. The average molecular weight is 429 g/mol. The Morgan fingerprint density at radius 3 is 2.45 bits per heavy atom. The molecule has 0 radical (unpaired) electrons. The SMILES string of the molecule is COC(=O)c1cc2c([nH]c3ccccc32)c(C(=O)N(N)c2cc(Cl)cc(Cl)c2)n1. The van der Waals surface area contributed by atoms with Crippen LogP contribution in [0.4, 0.5) is 5.69 Å². The lowest BCUT2D eigenvalue weighted by molar-refractivity contribution is 0.0594. The van der Waals surface area contributed by atoms with Crippen molar-refractivity contribution < 1.29 is 14.3 Å². The molecule has 0 aliphatic heterocycles. The number of H-pyrrole nitrogens is 1. The Bertz CT molecular complexity index is 1270. The van der Waals surface area contributed by atoms with E-state index in [1.165, 1.54) is 25.3 Å². The van der Waals surface area contributed by atoms with Gasteiger partial charge in [0.2, 0.25) is 0 Å². The first kappa shape index (κ1) is 19.2. The number of anilines is 1. The fourth-order valence-electron chi connectivity index (χ4n) is 3.12. The number of nitrogens with one attached hydrogen (secondary N) is 1. The summed E-state index contributed by atoms with van der Waals surface area (Å²) in [6.45, 7) is 0. The number of halogens is 2. The topological polar surface area (TPSA) is 101 Å². The fraction of sp³-hybridized carbons (Fsp3) is 0.0500. The predicted molar refractivity (Wildman–Crippen MR) is 112 cm³/mol. The monoisotopic (exact) mass is 428 g/mol. The minimum Gasteiger partial charge on any atom is -0.464 e. The van der Waals surface area contributed by atoms with Gasteiger partial charge in [-0.15, -0.1) is 0 Å². The number of hydrogen-bond acceptors (Lipinski definition) is 5. The molecule has 0 atom stereocenters. The summed E-state index contributed by atoms with van der Waals surface area (Å²) < 4.78 is 4.78. The number of nitrogens with two attached hydrogens (primary N) is 1. The minimum absolute atomic E-state index is 0.00868. The molecule has 0 saturated heterocycles. The lowest BCUT2D eigenvalue weighted by Gasteiger charge is -2.17. The fourth-order valence-corrected chi connectivity index (χ4v) is 3.63. The molecule has 0 aliphatic rings. The predicted octanol–water partition coefficient (Wildman–Crippen LogP) is 4.33. The van der Waals surface area contributed by atoms with E-state index < -0.39 is 11.9 Å². The number of fused-ring (bicyclic) bond motifs is 3. The summed E-state index contributed by atoms with van der Waals surface area (Å²) in [4.78, 5) is 32.7. The van der Waals surface area contributed by atoms with E-state index in [0.29, 0.717) is 20.9 Å². The summed E-state index contributed by atoms with van der Waals surface area (Å²) in [6, 6.07) is 13.6. The third-order valence-corrected chi connectivity index (χ3v) is 4.87. The van der Waals surface area contributed by atoms with Crippen LogP contribution in [0.25, 0.3) is 21.8 Å². The Labute approximate surface area is 174 Å². The first-order chi connectivity index (χ1) is 13.9. The number of amides is 1. The number of carbonyl (C=O) groups excluding carboxylic acids is 2. The molecule has 4 aromatic rings. The molecule has 0 spiro atoms. The van der Waals surface area contributed by atoms with Crippen molar-refractivity contribution in [1.29, 1.82) is 0 Å². The third kappa shape index (κ3) is 3.40. The van der Waals surface area contributed by atoms with Gasteiger partial charge in [0.15, 0.2) is 5.69 Å². The Morgan fingerprint density at radius 1 is 1.07 bits per heavy atom. The molecule has 9 heteroatoms. The molecule has 0 aliphatic carbocycles. The largest absolute Gasteiger partial charge is 0.464 e. The van der Waals surface area contributed by atoms with Crippen molar-refractivity contribution in [2.45, 2.75) is 0 Å². The number of aromatic amines is 1. The van der Waals surface area contributed by atoms with Crippen LogP contribution in [-0.4, -0.2) is 29.0 Å². The second kappa shape index (κ2) is 7.36. The molecule has 2 aromatic carbocycles. The maximum Gasteiger partial charge on any atom is 0.356 e. The molecule has 146 valence electrons. The molecular formula is C20H14Cl2N4O3. The number of benzene rings is 2. The molecular weight excluding hydrogens is 415 g/mol. The molecule has 29 heavy (non-hydrogen) atoms. The van der Waals surface area contributed by atoms with Gasteiger partial charge in [-0.2, -0.15) is 0 Å². The highest BCUT2D eigenvalue weighted by molar-refractivity contribution is 6.35. The number of hydrogen-bond donors (Lipinski definition) is 2. The van der Waals surface area contributed by atoms with Crippen molar-refractivity contribution >= 4 is 62.6 Å². The smallest absolute Gasteiger partial charge is 0.356 e. The molecule has 0 bridgehead atoms. The third-order valence-electron chi connectivity index (χ3n) is 4.44. The van der Waals surface area contributed by atoms with Crippen LogP contribution in [0.15, 0.2) is 48.5 Å². The normalized spacial score (nSPS) is 11.0. The van der Waals surface area contributed by atoms with Crippen LogP contribution in [0.2, 0.25) is 10.0 Å². The second-order valence-corrected chi connectivity index (χ2v) is 7.12. The van der Waals surface area contributed by atoms with Gasteiger partial charge in [-0.25, -0.2) is 20.6 Å². The van der Waals surface area contributed by atoms with Crippen LogP contribution >= 0.6 is 23.2 Å². The van der Waals surface area contributed by atoms with E-state index in [1.54, 1.807) is 6.07 Å². The lowest BCUT2D eigenvalue weighted by atomic mass is 10.1. The Hall–Kier alpha value is -3.13. The number of carbonyl (C=O) groups is 2. The number of hydrazine groups is 1. The van der Waals surface area contributed by atoms with E-state index in [1.807, 2.05) is 24.3 Å². The van der Waals surface area contributed by atoms with Crippen molar-refractivity contribution in [2.24, 2.45) is 5.84 Å². The number of methoxy groups -OCH3 is 1. The highest BCUT2D eigenvalue weighted by Gasteiger charge is 2.24. The Kier molecular flexibility index (Phi) is 4.87. The molecule has 4 rings (SSSR count). The summed E-state index contributed by atoms with van der Waals surface area (Å²) in [5.41, 5.74) is 1.48. The van der Waals surface area contributed by atoms with Crippen molar-refractivity contribution in [3.63, 3.8) is 0 Å². The molecule has 2 aromatic heterocycles. The summed E-state index contributed by atoms with van der Waals surface area (Å²) in [6.07, 6.45) is 0. The van der Waals surface area contributed by atoms with Gasteiger partial charge >= 0.3 is 5.97 Å². The van der Waals surface area contributed by atoms with Crippen molar-refractivity contribution in [3.05, 3.63) is 70.0 Å². The number of nitrogens with zero attached hydrogens (tertiary/aromatic N) is 2. The van der Waals surface area contributed by atoms with Gasteiger partial charge in [-0.05, 0) is 30.3 Å². The van der Waals surface area contributed by atoms with Gasteiger partial charge in [0, 0.05) is 26.3 Å². The van der Waals surface area contributed by atoms with Gasteiger partial charge < -0.3 is 9.72 Å². The second-order valence-electron chi connectivity index (χ2n) is 6.24. The van der Waals surface area contributed by atoms with Crippen LogP contribution in [0, 0.1) is 0 Å². The van der Waals surface area contributed by atoms with Crippen LogP contribution in [0.1, 0.15) is 21.0 Å². The molecule has 0 fully saturated rings. The molecule has 3 N–H and O–H groups in total. The zero-order chi connectivity index (χ0) is 20.7. The standard InChI is InChI=1S/C20H14Cl2N4O3/c1-29-20(28)16-9-14-13-4-2-3-5-15(13)24-17(14)18(25-16)19(27)26(23)12-7-10(21)6-11(22)8-12/h2-9,24H,23H2,1H3. The van der Waals surface area contributed by atoms with Crippen LogP contribution in [-0.2, 0) is 4.74 Å². The minimum atomic E-state index is -0.666. The molecule has 1 amide bonds. The molecule has 7 nitrogen and oxygen atoms in total. The lowest BCUT2D eigenvalue weighted by Crippen LogP contribution is -2.38. The van der Waals surface area contributed by atoms with E-state index in [2.05, 4.69) is 9.97 Å². The van der Waals surface area contributed by atoms with Crippen molar-refractivity contribution in [1.82, 2.24) is 9.97 Å². The van der Waals surface area contributed by atoms with Gasteiger partial charge in [0.1, 0.15) is 5.69 Å². The maximum absolute atomic E-state index is 13.2. The summed E-state index contributed by atoms with van der Waals surface area (Å²) >= 11 is 12.0. The number of aromatic nitrogens is 2. The zero-order valence-electron chi connectivity index (χ0n) is 15.1. The first-order valence-electron chi connectivity index (χ1n) is 8.44. The van der Waals surface area contributed by atoms with Crippen molar-refractivity contribution in [2.75, 3.05) is 12.1 Å². The Morgan fingerprint density at radius 2 is 1.76 bits per heavy atom. The van der Waals surface area contributed by atoms with Gasteiger partial charge in [-0.3, -0.25) is 4.79 Å². The quantitative estimate of drug-likeness (QED) is 0.219. The van der Waals surface area contributed by atoms with E-state index in [0.717, 1.165) is 15.9 Å². The van der Waals surface area contributed by atoms with E-state index >= 15 is 0 Å². The maximum atomic E-state index is 13.2. The van der Waals surface area contributed by atoms with Gasteiger partial charge in [0.25, 0.3) is 5.91 Å².